The van der Waals surface area contributed by atoms with Crippen LogP contribution in [0.4, 0.5) is 0 Å². The average molecular weight is 413 g/mol. The summed E-state index contributed by atoms with van der Waals surface area (Å²) in [5, 5.41) is 4.17. The van der Waals surface area contributed by atoms with Gasteiger partial charge in [-0.1, -0.05) is 41.6 Å². The molecule has 1 fully saturated rings. The molecule has 0 radical (unpaired) electrons. The van der Waals surface area contributed by atoms with E-state index in [-0.39, 0.29) is 29.1 Å². The van der Waals surface area contributed by atoms with Crippen LogP contribution in [0, 0.1) is 11.8 Å². The van der Waals surface area contributed by atoms with Crippen LogP contribution in [-0.4, -0.2) is 24.3 Å². The molecule has 0 saturated heterocycles. The van der Waals surface area contributed by atoms with Crippen LogP contribution in [0.3, 0.4) is 0 Å². The first-order valence-corrected chi connectivity index (χ1v) is 10.2. The molecule has 1 saturated carbocycles. The van der Waals surface area contributed by atoms with Crippen LogP contribution in [0.5, 0.6) is 0 Å². The minimum absolute atomic E-state index is 0.116. The van der Waals surface area contributed by atoms with Crippen molar-refractivity contribution in [1.29, 1.82) is 0 Å². The molecule has 8 nitrogen and oxygen atoms in total. The average Bonchev–Trinajstić information content (AvgIpc) is 3.12. The highest BCUT2D eigenvalue weighted by molar-refractivity contribution is 5.73. The van der Waals surface area contributed by atoms with E-state index in [4.69, 9.17) is 4.52 Å². The fourth-order valence-electron chi connectivity index (χ4n) is 4.70. The number of nitrogens with zero attached hydrogens (tertiary/aromatic N) is 5. The molecule has 3 aromatic heterocycles. The van der Waals surface area contributed by atoms with Crippen molar-refractivity contribution in [1.82, 2.24) is 24.3 Å². The highest BCUT2D eigenvalue weighted by atomic mass is 16.5. The highest BCUT2D eigenvalue weighted by Gasteiger charge is 2.55. The Morgan fingerprint density at radius 3 is 2.74 bits per heavy atom. The van der Waals surface area contributed by atoms with Gasteiger partial charge in [0.1, 0.15) is 12.1 Å². The van der Waals surface area contributed by atoms with E-state index in [0.717, 1.165) is 6.42 Å². The zero-order valence-electron chi connectivity index (χ0n) is 16.8. The van der Waals surface area contributed by atoms with Gasteiger partial charge in [-0.3, -0.25) is 14.2 Å². The molecular weight excluding hydrogens is 394 g/mol. The Balaban J connectivity index is 1.23. The number of allylic oxidation sites excluding steroid dienone is 2. The lowest BCUT2D eigenvalue weighted by molar-refractivity contribution is 0.364. The van der Waals surface area contributed by atoms with Crippen LogP contribution in [0.15, 0.2) is 69.0 Å². The minimum atomic E-state index is -0.316. The van der Waals surface area contributed by atoms with Crippen molar-refractivity contribution in [2.45, 2.75) is 18.9 Å². The summed E-state index contributed by atoms with van der Waals surface area (Å²) in [6.07, 6.45) is 4.80. The lowest BCUT2D eigenvalue weighted by Crippen LogP contribution is -2.28. The summed E-state index contributed by atoms with van der Waals surface area (Å²) in [5.74, 6) is 2.29. The van der Waals surface area contributed by atoms with Gasteiger partial charge in [0.15, 0.2) is 5.82 Å². The maximum absolute atomic E-state index is 12.9. The summed E-state index contributed by atoms with van der Waals surface area (Å²) < 4.78 is 8.13. The van der Waals surface area contributed by atoms with E-state index in [1.807, 2.05) is 6.07 Å². The monoisotopic (exact) mass is 413 g/mol. The van der Waals surface area contributed by atoms with Gasteiger partial charge >= 0.3 is 0 Å². The van der Waals surface area contributed by atoms with Crippen LogP contribution < -0.4 is 11.1 Å². The van der Waals surface area contributed by atoms with E-state index >= 15 is 0 Å². The molecule has 3 heterocycles. The van der Waals surface area contributed by atoms with Crippen LogP contribution in [0.1, 0.15) is 29.6 Å². The maximum atomic E-state index is 12.9. The van der Waals surface area contributed by atoms with Crippen molar-refractivity contribution in [2.24, 2.45) is 18.9 Å². The first kappa shape index (κ1) is 18.0. The van der Waals surface area contributed by atoms with Gasteiger partial charge in [0, 0.05) is 19.0 Å². The Bertz CT molecular complexity index is 1460. The number of rotatable bonds is 4. The second-order valence-corrected chi connectivity index (χ2v) is 8.22. The second kappa shape index (κ2) is 6.60. The Labute approximate surface area is 176 Å². The number of benzene rings is 1. The van der Waals surface area contributed by atoms with Crippen molar-refractivity contribution < 1.29 is 4.52 Å². The topological polar surface area (TPSA) is 95.8 Å². The molecule has 0 amide bonds. The third-order valence-corrected chi connectivity index (χ3v) is 6.40. The molecule has 2 aliphatic rings. The van der Waals surface area contributed by atoms with Crippen LogP contribution >= 0.6 is 0 Å². The molecule has 8 heteroatoms. The molecule has 2 aliphatic carbocycles. The molecule has 3 atom stereocenters. The molecule has 0 spiro atoms. The lowest BCUT2D eigenvalue weighted by atomic mass is 10.0. The van der Waals surface area contributed by atoms with Crippen molar-refractivity contribution in [3.63, 3.8) is 0 Å². The Kier molecular flexibility index (Phi) is 3.83. The Morgan fingerprint density at radius 1 is 1.13 bits per heavy atom. The number of aryl methyl sites for hydroxylation is 1. The molecule has 3 unspecified atom stereocenters. The van der Waals surface area contributed by atoms with Gasteiger partial charge < -0.3 is 9.09 Å². The van der Waals surface area contributed by atoms with Crippen LogP contribution in [0.25, 0.3) is 16.6 Å². The predicted octanol–water partition coefficient (Wildman–Crippen LogP) is 2.34. The second-order valence-electron chi connectivity index (χ2n) is 8.22. The van der Waals surface area contributed by atoms with E-state index in [2.05, 4.69) is 45.5 Å². The first-order valence-electron chi connectivity index (χ1n) is 10.2. The lowest BCUT2D eigenvalue weighted by Gasteiger charge is -2.06. The van der Waals surface area contributed by atoms with Crippen molar-refractivity contribution in [3.8, 4) is 0 Å². The molecule has 6 rings (SSSR count). The summed E-state index contributed by atoms with van der Waals surface area (Å²) in [6, 6.07) is 13.4. The first-order chi connectivity index (χ1) is 15.1. The summed E-state index contributed by atoms with van der Waals surface area (Å²) in [5.41, 5.74) is 2.82. The van der Waals surface area contributed by atoms with Crippen LogP contribution in [0.2, 0.25) is 0 Å². The van der Waals surface area contributed by atoms with Crippen molar-refractivity contribution in [3.05, 3.63) is 92.9 Å². The van der Waals surface area contributed by atoms with Gasteiger partial charge in [0.25, 0.3) is 11.1 Å². The summed E-state index contributed by atoms with van der Waals surface area (Å²) >= 11 is 0. The molecule has 0 aliphatic heterocycles. The summed E-state index contributed by atoms with van der Waals surface area (Å²) in [7, 11) is 1.56. The molecule has 0 N–H and O–H groups in total. The fraction of sp³-hybridized carbons (Fsp3) is 0.261. The number of fused-ring (bicyclic) bond motifs is 2. The third-order valence-electron chi connectivity index (χ3n) is 6.40. The van der Waals surface area contributed by atoms with E-state index in [0.29, 0.717) is 29.1 Å². The van der Waals surface area contributed by atoms with Gasteiger partial charge in [-0.2, -0.15) is 4.98 Å². The van der Waals surface area contributed by atoms with Gasteiger partial charge in [-0.15, -0.1) is 0 Å². The molecule has 31 heavy (non-hydrogen) atoms. The normalized spacial score (nSPS) is 21.8. The largest absolute Gasteiger partial charge is 0.337 e. The minimum Gasteiger partial charge on any atom is -0.337 e. The number of hydrogen-bond acceptors (Lipinski definition) is 6. The van der Waals surface area contributed by atoms with E-state index in [1.54, 1.807) is 13.1 Å². The van der Waals surface area contributed by atoms with E-state index in [1.165, 1.54) is 32.7 Å². The molecular formula is C23H19N5O3. The SMILES string of the molecule is Cn1c(=O)ccc2ncn(Cc3nc(C4C5C=C(c6ccccc6)CC54)no3)c(=O)c21. The van der Waals surface area contributed by atoms with Crippen LogP contribution in [-0.2, 0) is 13.6 Å². The van der Waals surface area contributed by atoms with E-state index in [9.17, 15) is 9.59 Å². The predicted molar refractivity (Wildman–Crippen MR) is 113 cm³/mol. The number of aromatic nitrogens is 5. The third kappa shape index (κ3) is 2.86. The number of hydrogen-bond donors (Lipinski definition) is 0. The molecule has 0 bridgehead atoms. The highest BCUT2D eigenvalue weighted by Crippen LogP contribution is 2.62. The summed E-state index contributed by atoms with van der Waals surface area (Å²) in [6.45, 7) is 0.116. The zero-order chi connectivity index (χ0) is 21.1. The fourth-order valence-corrected chi connectivity index (χ4v) is 4.70. The molecule has 1 aromatic carbocycles. The van der Waals surface area contributed by atoms with Gasteiger partial charge in [0.05, 0.1) is 11.8 Å². The Hall–Kier alpha value is -3.81. The maximum Gasteiger partial charge on any atom is 0.278 e. The quantitative estimate of drug-likeness (QED) is 0.510. The standard InChI is InChI=1S/C23H19N5O3/c1-27-19(29)8-7-17-21(27)23(30)28(12-24-17)11-18-25-22(26-31-18)20-15-9-14(10-16(15)20)13-5-3-2-4-6-13/h2-9,12,15-16,20H,10-11H2,1H3. The van der Waals surface area contributed by atoms with Gasteiger partial charge in [-0.25, -0.2) is 4.98 Å². The molecule has 4 aromatic rings. The molecule has 154 valence electrons. The van der Waals surface area contributed by atoms with Gasteiger partial charge in [0.2, 0.25) is 5.89 Å². The van der Waals surface area contributed by atoms with Gasteiger partial charge in [-0.05, 0) is 35.5 Å². The zero-order valence-corrected chi connectivity index (χ0v) is 16.8. The Morgan fingerprint density at radius 2 is 1.97 bits per heavy atom. The van der Waals surface area contributed by atoms with Crippen molar-refractivity contribution in [2.75, 3.05) is 0 Å². The number of pyridine rings is 1. The summed E-state index contributed by atoms with van der Waals surface area (Å²) in [4.78, 5) is 33.6. The van der Waals surface area contributed by atoms with Crippen molar-refractivity contribution >= 4 is 16.6 Å². The van der Waals surface area contributed by atoms with E-state index < -0.39 is 0 Å². The smallest absolute Gasteiger partial charge is 0.278 e.